The molecule has 3 aromatic rings. The summed E-state index contributed by atoms with van der Waals surface area (Å²) in [6, 6.07) is 0. The summed E-state index contributed by atoms with van der Waals surface area (Å²) in [5.41, 5.74) is 1.23. The van der Waals surface area contributed by atoms with Crippen LogP contribution in [0.1, 0.15) is 36.5 Å². The van der Waals surface area contributed by atoms with E-state index in [-0.39, 0.29) is 5.56 Å². The predicted octanol–water partition coefficient (Wildman–Crippen LogP) is 3.69. The van der Waals surface area contributed by atoms with Crippen LogP contribution in [0.3, 0.4) is 0 Å². The van der Waals surface area contributed by atoms with Gasteiger partial charge in [-0.25, -0.2) is 4.98 Å². The largest absolute Gasteiger partial charge is 0.360 e. The van der Waals surface area contributed by atoms with Gasteiger partial charge in [-0.15, -0.1) is 21.5 Å². The number of fused-ring (bicyclic) bond motifs is 3. The Hall–Kier alpha value is -1.45. The van der Waals surface area contributed by atoms with Crippen molar-refractivity contribution >= 4 is 49.8 Å². The number of aryl methyl sites for hydroxylation is 1. The highest BCUT2D eigenvalue weighted by atomic mass is 32.2. The summed E-state index contributed by atoms with van der Waals surface area (Å²) in [6.45, 7) is 5.13. The molecule has 2 N–H and O–H groups in total. The fourth-order valence-corrected chi connectivity index (χ4v) is 6.17. The zero-order valence-electron chi connectivity index (χ0n) is 14.1. The Labute approximate surface area is 157 Å². The van der Waals surface area contributed by atoms with Gasteiger partial charge in [0, 0.05) is 11.4 Å². The molecule has 1 aliphatic rings. The van der Waals surface area contributed by atoms with Crippen molar-refractivity contribution in [1.29, 1.82) is 0 Å². The molecule has 25 heavy (non-hydrogen) atoms. The van der Waals surface area contributed by atoms with E-state index in [1.165, 1.54) is 21.8 Å². The first kappa shape index (κ1) is 17.0. The average molecular weight is 394 g/mol. The first-order valence-corrected chi connectivity index (χ1v) is 11.0. The summed E-state index contributed by atoms with van der Waals surface area (Å²) in [6.07, 6.45) is 3.21. The second-order valence-corrected chi connectivity index (χ2v) is 9.52. The highest BCUT2D eigenvalue weighted by Gasteiger charge is 2.23. The molecule has 132 valence electrons. The molecule has 0 saturated carbocycles. The fraction of sp³-hybridized carbons (Fsp3) is 0.500. The molecule has 0 amide bonds. The smallest absolute Gasteiger partial charge is 0.259 e. The van der Waals surface area contributed by atoms with Crippen LogP contribution in [0, 0.1) is 5.92 Å². The van der Waals surface area contributed by atoms with Crippen molar-refractivity contribution in [3.05, 3.63) is 26.6 Å². The number of hydrogen-bond donors (Lipinski definition) is 2. The van der Waals surface area contributed by atoms with E-state index in [0.717, 1.165) is 45.5 Å². The van der Waals surface area contributed by atoms with Crippen molar-refractivity contribution in [2.75, 3.05) is 11.9 Å². The molecule has 0 unspecified atom stereocenters. The van der Waals surface area contributed by atoms with Crippen LogP contribution < -0.4 is 10.9 Å². The maximum absolute atomic E-state index is 12.6. The Morgan fingerprint density at radius 3 is 3.08 bits per heavy atom. The quantitative estimate of drug-likeness (QED) is 0.643. The van der Waals surface area contributed by atoms with E-state index in [0.29, 0.717) is 17.5 Å². The summed E-state index contributed by atoms with van der Waals surface area (Å²) in [5, 5.41) is 13.0. The number of aromatic nitrogens is 4. The lowest BCUT2D eigenvalue weighted by Gasteiger charge is -2.17. The fourth-order valence-electron chi connectivity index (χ4n) is 3.08. The number of nitrogens with zero attached hydrogens (tertiary/aromatic N) is 3. The molecular weight excluding hydrogens is 374 g/mol. The third-order valence-electron chi connectivity index (χ3n) is 4.28. The normalized spacial score (nSPS) is 17.0. The van der Waals surface area contributed by atoms with E-state index in [2.05, 4.69) is 27.4 Å². The van der Waals surface area contributed by atoms with Gasteiger partial charge >= 0.3 is 0 Å². The molecular formula is C16H19N5OS3. The van der Waals surface area contributed by atoms with E-state index < -0.39 is 0 Å². The number of rotatable bonds is 5. The van der Waals surface area contributed by atoms with Gasteiger partial charge in [-0.1, -0.05) is 30.0 Å². The number of H-pyrrole nitrogens is 1. The molecule has 0 spiro atoms. The molecule has 0 radical (unpaired) electrons. The number of nitrogens with one attached hydrogen (secondary N) is 2. The highest BCUT2D eigenvalue weighted by Crippen LogP contribution is 2.36. The number of anilines is 1. The van der Waals surface area contributed by atoms with Crippen LogP contribution in [0.2, 0.25) is 0 Å². The van der Waals surface area contributed by atoms with Gasteiger partial charge in [-0.2, -0.15) is 0 Å². The van der Waals surface area contributed by atoms with Gasteiger partial charge in [0.05, 0.1) is 11.1 Å². The third kappa shape index (κ3) is 3.45. The van der Waals surface area contributed by atoms with Crippen LogP contribution >= 0.6 is 34.4 Å². The van der Waals surface area contributed by atoms with Crippen molar-refractivity contribution in [3.8, 4) is 0 Å². The van der Waals surface area contributed by atoms with E-state index >= 15 is 0 Å². The van der Waals surface area contributed by atoms with E-state index in [4.69, 9.17) is 4.98 Å². The SMILES string of the molecule is CCNc1nnc(SCc2nc3sc4c(c3c(=O)[nH]2)CC[C@@H](C)C4)s1. The van der Waals surface area contributed by atoms with Crippen molar-refractivity contribution in [1.82, 2.24) is 20.2 Å². The van der Waals surface area contributed by atoms with Crippen molar-refractivity contribution in [3.63, 3.8) is 0 Å². The molecule has 0 saturated heterocycles. The van der Waals surface area contributed by atoms with Crippen molar-refractivity contribution in [2.45, 2.75) is 43.2 Å². The monoisotopic (exact) mass is 393 g/mol. The topological polar surface area (TPSA) is 83.6 Å². The lowest BCUT2D eigenvalue weighted by molar-refractivity contribution is 0.509. The van der Waals surface area contributed by atoms with Gasteiger partial charge in [0.15, 0.2) is 4.34 Å². The van der Waals surface area contributed by atoms with Crippen LogP contribution in [-0.4, -0.2) is 26.7 Å². The van der Waals surface area contributed by atoms with Gasteiger partial charge in [0.2, 0.25) is 5.13 Å². The number of hydrogen-bond acceptors (Lipinski definition) is 8. The number of thioether (sulfide) groups is 1. The molecule has 3 heterocycles. The Balaban J connectivity index is 1.57. The van der Waals surface area contributed by atoms with E-state index in [1.54, 1.807) is 23.1 Å². The average Bonchev–Trinajstić information content (AvgIpc) is 3.16. The molecule has 3 aromatic heterocycles. The van der Waals surface area contributed by atoms with Crippen molar-refractivity contribution < 1.29 is 0 Å². The molecule has 0 bridgehead atoms. The van der Waals surface area contributed by atoms with Gasteiger partial charge in [-0.05, 0) is 37.7 Å². The van der Waals surface area contributed by atoms with Crippen molar-refractivity contribution in [2.24, 2.45) is 5.92 Å². The van der Waals surface area contributed by atoms with E-state index in [9.17, 15) is 4.79 Å². The van der Waals surface area contributed by atoms with Gasteiger partial charge in [0.1, 0.15) is 10.7 Å². The lowest BCUT2D eigenvalue weighted by Crippen LogP contribution is -2.14. The predicted molar refractivity (Wildman–Crippen MR) is 105 cm³/mol. The molecule has 1 aliphatic carbocycles. The molecule has 4 rings (SSSR count). The highest BCUT2D eigenvalue weighted by molar-refractivity contribution is 8.00. The summed E-state index contributed by atoms with van der Waals surface area (Å²) < 4.78 is 0.873. The number of aromatic amines is 1. The standard InChI is InChI=1S/C16H19N5OS3/c1-3-17-15-20-21-16(25-15)23-7-11-18-13(22)12-9-5-4-8(2)6-10(9)24-14(12)19-11/h8H,3-7H2,1-2H3,(H,17,20)(H,18,19,22)/t8-/m1/s1. The Bertz CT molecular complexity index is 960. The summed E-state index contributed by atoms with van der Waals surface area (Å²) in [4.78, 5) is 22.5. The molecule has 6 nitrogen and oxygen atoms in total. The number of thiophene rings is 1. The maximum Gasteiger partial charge on any atom is 0.259 e. The maximum atomic E-state index is 12.6. The second kappa shape index (κ2) is 7.05. The van der Waals surface area contributed by atoms with E-state index in [1.807, 2.05) is 6.92 Å². The summed E-state index contributed by atoms with van der Waals surface area (Å²) in [5.74, 6) is 1.98. The van der Waals surface area contributed by atoms with Gasteiger partial charge < -0.3 is 10.3 Å². The molecule has 0 aliphatic heterocycles. The van der Waals surface area contributed by atoms with Crippen LogP contribution in [0.5, 0.6) is 0 Å². The van der Waals surface area contributed by atoms with Crippen LogP contribution in [0.25, 0.3) is 10.2 Å². The minimum absolute atomic E-state index is 0.00162. The minimum Gasteiger partial charge on any atom is -0.360 e. The molecule has 1 atom stereocenters. The van der Waals surface area contributed by atoms with Gasteiger partial charge in [0.25, 0.3) is 5.56 Å². The summed E-state index contributed by atoms with van der Waals surface area (Å²) in [7, 11) is 0. The Kier molecular flexibility index (Phi) is 4.79. The van der Waals surface area contributed by atoms with Crippen LogP contribution in [0.15, 0.2) is 9.13 Å². The molecule has 9 heteroatoms. The third-order valence-corrected chi connectivity index (χ3v) is 7.46. The first-order chi connectivity index (χ1) is 12.1. The van der Waals surface area contributed by atoms with Crippen LogP contribution in [0.4, 0.5) is 5.13 Å². The zero-order chi connectivity index (χ0) is 17.4. The Morgan fingerprint density at radius 1 is 1.36 bits per heavy atom. The summed E-state index contributed by atoms with van der Waals surface area (Å²) >= 11 is 4.76. The first-order valence-electron chi connectivity index (χ1n) is 8.37. The molecule has 0 fully saturated rings. The zero-order valence-corrected chi connectivity index (χ0v) is 16.5. The Morgan fingerprint density at radius 2 is 2.24 bits per heavy atom. The molecule has 0 aromatic carbocycles. The lowest BCUT2D eigenvalue weighted by atomic mass is 9.89. The minimum atomic E-state index is -0.00162. The second-order valence-electron chi connectivity index (χ2n) is 6.24. The van der Waals surface area contributed by atoms with Crippen LogP contribution in [-0.2, 0) is 18.6 Å². The van der Waals surface area contributed by atoms with Gasteiger partial charge in [-0.3, -0.25) is 4.79 Å².